The van der Waals surface area contributed by atoms with Crippen LogP contribution in [0.2, 0.25) is 0 Å². The molecule has 0 aliphatic carbocycles. The Labute approximate surface area is 106 Å². The molecule has 0 unspecified atom stereocenters. The van der Waals surface area contributed by atoms with E-state index in [0.29, 0.717) is 0 Å². The Kier molecular flexibility index (Phi) is 7.48. The number of anilines is 1. The van der Waals surface area contributed by atoms with Crippen LogP contribution in [0.4, 0.5) is 5.69 Å². The van der Waals surface area contributed by atoms with Crippen molar-refractivity contribution in [2.45, 2.75) is 33.1 Å². The third kappa shape index (κ3) is 6.32. The summed E-state index contributed by atoms with van der Waals surface area (Å²) in [5.74, 6) is 0. The minimum absolute atomic E-state index is 1.09. The summed E-state index contributed by atoms with van der Waals surface area (Å²) in [7, 11) is 0. The summed E-state index contributed by atoms with van der Waals surface area (Å²) >= 11 is 0. The van der Waals surface area contributed by atoms with E-state index in [1.165, 1.54) is 44.6 Å². The van der Waals surface area contributed by atoms with Crippen molar-refractivity contribution in [2.75, 3.05) is 31.5 Å². The predicted molar refractivity (Wildman–Crippen MR) is 76.6 cm³/mol. The Balaban J connectivity index is 1.98. The molecule has 1 N–H and O–H groups in total. The summed E-state index contributed by atoms with van der Waals surface area (Å²) in [6.45, 7) is 9.17. The van der Waals surface area contributed by atoms with Crippen LogP contribution in [0.15, 0.2) is 30.3 Å². The van der Waals surface area contributed by atoms with Crippen LogP contribution in [0.5, 0.6) is 0 Å². The normalized spacial score (nSPS) is 10.8. The molecule has 0 amide bonds. The third-order valence-electron chi connectivity index (χ3n) is 3.15. The van der Waals surface area contributed by atoms with E-state index in [1.807, 2.05) is 0 Å². The van der Waals surface area contributed by atoms with Gasteiger partial charge in [-0.2, -0.15) is 0 Å². The lowest BCUT2D eigenvalue weighted by Gasteiger charge is -2.17. The van der Waals surface area contributed by atoms with Crippen molar-refractivity contribution >= 4 is 5.69 Å². The first kappa shape index (κ1) is 14.0. The van der Waals surface area contributed by atoms with E-state index in [0.717, 1.165) is 6.54 Å². The average molecular weight is 234 g/mol. The molecule has 2 heteroatoms. The summed E-state index contributed by atoms with van der Waals surface area (Å²) in [5.41, 5.74) is 1.23. The molecule has 0 saturated carbocycles. The quantitative estimate of drug-likeness (QED) is 0.657. The number of nitrogens with zero attached hydrogens (tertiary/aromatic N) is 1. The second-order valence-electron chi connectivity index (χ2n) is 4.38. The van der Waals surface area contributed by atoms with Crippen molar-refractivity contribution in [3.05, 3.63) is 30.3 Å². The lowest BCUT2D eigenvalue weighted by molar-refractivity contribution is 0.296. The van der Waals surface area contributed by atoms with Crippen LogP contribution in [0, 0.1) is 0 Å². The lowest BCUT2D eigenvalue weighted by atomic mass is 10.2. The van der Waals surface area contributed by atoms with Gasteiger partial charge in [-0.1, -0.05) is 38.5 Å². The second-order valence-corrected chi connectivity index (χ2v) is 4.38. The standard InChI is InChI=1S/C15H26N2/c1-3-17(4-2)14-10-6-9-13-16-15-11-7-5-8-12-15/h5,7-8,11-12,16H,3-4,6,9-10,13-14H2,1-2H3. The highest BCUT2D eigenvalue weighted by Crippen LogP contribution is 2.06. The molecule has 0 aromatic heterocycles. The van der Waals surface area contributed by atoms with Gasteiger partial charge in [0.05, 0.1) is 0 Å². The molecule has 0 radical (unpaired) electrons. The number of rotatable bonds is 9. The predicted octanol–water partition coefficient (Wildman–Crippen LogP) is 3.61. The molecule has 0 fully saturated rings. The molecule has 0 atom stereocenters. The van der Waals surface area contributed by atoms with Crippen molar-refractivity contribution in [2.24, 2.45) is 0 Å². The molecular weight excluding hydrogens is 208 g/mol. The largest absolute Gasteiger partial charge is 0.385 e. The molecule has 0 bridgehead atoms. The molecule has 96 valence electrons. The molecule has 0 aliphatic rings. The van der Waals surface area contributed by atoms with E-state index in [2.05, 4.69) is 54.4 Å². The molecule has 1 aromatic carbocycles. The van der Waals surface area contributed by atoms with E-state index in [9.17, 15) is 0 Å². The summed E-state index contributed by atoms with van der Waals surface area (Å²) in [5, 5.41) is 3.45. The number of unbranched alkanes of at least 4 members (excludes halogenated alkanes) is 2. The van der Waals surface area contributed by atoms with Crippen LogP contribution < -0.4 is 5.32 Å². The smallest absolute Gasteiger partial charge is 0.0340 e. The minimum Gasteiger partial charge on any atom is -0.385 e. The maximum Gasteiger partial charge on any atom is 0.0340 e. The fraction of sp³-hybridized carbons (Fsp3) is 0.600. The molecule has 0 saturated heterocycles. The first-order chi connectivity index (χ1) is 8.36. The Bertz CT molecular complexity index is 268. The van der Waals surface area contributed by atoms with Gasteiger partial charge in [-0.05, 0) is 44.6 Å². The van der Waals surface area contributed by atoms with Crippen molar-refractivity contribution < 1.29 is 0 Å². The highest BCUT2D eigenvalue weighted by Gasteiger charge is 1.97. The van der Waals surface area contributed by atoms with Gasteiger partial charge in [0.25, 0.3) is 0 Å². The van der Waals surface area contributed by atoms with Crippen molar-refractivity contribution in [3.63, 3.8) is 0 Å². The molecule has 0 spiro atoms. The van der Waals surface area contributed by atoms with Gasteiger partial charge in [0.15, 0.2) is 0 Å². The van der Waals surface area contributed by atoms with Crippen LogP contribution in [-0.4, -0.2) is 31.1 Å². The fourth-order valence-electron chi connectivity index (χ4n) is 1.97. The van der Waals surface area contributed by atoms with Crippen molar-refractivity contribution in [1.29, 1.82) is 0 Å². The first-order valence-electron chi connectivity index (χ1n) is 6.88. The van der Waals surface area contributed by atoms with Crippen LogP contribution in [0.25, 0.3) is 0 Å². The number of para-hydroxylation sites is 1. The Hall–Kier alpha value is -1.02. The zero-order chi connectivity index (χ0) is 12.3. The average Bonchev–Trinajstić information content (AvgIpc) is 2.39. The Morgan fingerprint density at radius 2 is 1.65 bits per heavy atom. The summed E-state index contributed by atoms with van der Waals surface area (Å²) < 4.78 is 0. The molecule has 1 rings (SSSR count). The lowest BCUT2D eigenvalue weighted by Crippen LogP contribution is -2.23. The van der Waals surface area contributed by atoms with Crippen LogP contribution in [-0.2, 0) is 0 Å². The van der Waals surface area contributed by atoms with E-state index in [1.54, 1.807) is 0 Å². The number of benzene rings is 1. The highest BCUT2D eigenvalue weighted by molar-refractivity contribution is 5.42. The number of hydrogen-bond acceptors (Lipinski definition) is 2. The van der Waals surface area contributed by atoms with Gasteiger partial charge in [-0.15, -0.1) is 0 Å². The number of nitrogens with one attached hydrogen (secondary N) is 1. The van der Waals surface area contributed by atoms with Gasteiger partial charge in [-0.3, -0.25) is 0 Å². The maximum absolute atomic E-state index is 3.45. The molecule has 0 aliphatic heterocycles. The summed E-state index contributed by atoms with van der Waals surface area (Å²) in [6.07, 6.45) is 3.89. The van der Waals surface area contributed by atoms with Crippen LogP contribution in [0.1, 0.15) is 33.1 Å². The molecule has 0 heterocycles. The van der Waals surface area contributed by atoms with E-state index in [4.69, 9.17) is 0 Å². The second kappa shape index (κ2) is 9.06. The Morgan fingerprint density at radius 1 is 0.941 bits per heavy atom. The van der Waals surface area contributed by atoms with Crippen LogP contribution in [0.3, 0.4) is 0 Å². The summed E-state index contributed by atoms with van der Waals surface area (Å²) in [4.78, 5) is 2.49. The molecule has 2 nitrogen and oxygen atoms in total. The van der Waals surface area contributed by atoms with Gasteiger partial charge in [0.1, 0.15) is 0 Å². The first-order valence-corrected chi connectivity index (χ1v) is 6.88. The third-order valence-corrected chi connectivity index (χ3v) is 3.15. The van der Waals surface area contributed by atoms with E-state index < -0.39 is 0 Å². The van der Waals surface area contributed by atoms with Crippen molar-refractivity contribution in [3.8, 4) is 0 Å². The van der Waals surface area contributed by atoms with Gasteiger partial charge in [0, 0.05) is 12.2 Å². The van der Waals surface area contributed by atoms with Gasteiger partial charge < -0.3 is 10.2 Å². The SMILES string of the molecule is CCN(CC)CCCCCNc1ccccc1. The zero-order valence-corrected chi connectivity index (χ0v) is 11.3. The van der Waals surface area contributed by atoms with E-state index >= 15 is 0 Å². The summed E-state index contributed by atoms with van der Waals surface area (Å²) in [6, 6.07) is 10.4. The van der Waals surface area contributed by atoms with E-state index in [-0.39, 0.29) is 0 Å². The topological polar surface area (TPSA) is 15.3 Å². The van der Waals surface area contributed by atoms with Gasteiger partial charge >= 0.3 is 0 Å². The highest BCUT2D eigenvalue weighted by atomic mass is 15.1. The molecule has 1 aromatic rings. The van der Waals surface area contributed by atoms with Gasteiger partial charge in [0.2, 0.25) is 0 Å². The zero-order valence-electron chi connectivity index (χ0n) is 11.3. The molecular formula is C15H26N2. The number of hydrogen-bond donors (Lipinski definition) is 1. The monoisotopic (exact) mass is 234 g/mol. The van der Waals surface area contributed by atoms with Crippen molar-refractivity contribution in [1.82, 2.24) is 4.90 Å². The Morgan fingerprint density at radius 3 is 2.29 bits per heavy atom. The fourth-order valence-corrected chi connectivity index (χ4v) is 1.97. The maximum atomic E-state index is 3.45. The molecule has 17 heavy (non-hydrogen) atoms. The van der Waals surface area contributed by atoms with Crippen LogP contribution >= 0.6 is 0 Å². The minimum atomic E-state index is 1.09. The van der Waals surface area contributed by atoms with Gasteiger partial charge in [-0.25, -0.2) is 0 Å².